The number of aryl methyl sites for hydroxylation is 1. The molecule has 0 aromatic carbocycles. The Morgan fingerprint density at radius 2 is 2.26 bits per heavy atom. The third kappa shape index (κ3) is 2.93. The summed E-state index contributed by atoms with van der Waals surface area (Å²) in [6.45, 7) is 8.60. The van der Waals surface area contributed by atoms with Crippen molar-refractivity contribution in [2.75, 3.05) is 36.5 Å². The topological polar surface area (TPSA) is 74.1 Å². The normalized spacial score (nSPS) is 19.1. The Bertz CT molecular complexity index is 497. The van der Waals surface area contributed by atoms with E-state index in [2.05, 4.69) is 26.3 Å². The zero-order valence-corrected chi connectivity index (χ0v) is 11.6. The first kappa shape index (κ1) is 13.6. The molecule has 2 rings (SSSR count). The van der Waals surface area contributed by atoms with Gasteiger partial charge < -0.3 is 15.0 Å². The van der Waals surface area contributed by atoms with E-state index >= 15 is 0 Å². The minimum Gasteiger partial charge on any atom is -0.370 e. The number of rotatable bonds is 3. The first-order valence-corrected chi connectivity index (χ1v) is 6.51. The highest BCUT2D eigenvalue weighted by Crippen LogP contribution is 2.25. The Kier molecular flexibility index (Phi) is 4.17. The van der Waals surface area contributed by atoms with Crippen LogP contribution in [0.2, 0.25) is 0 Å². The number of nitriles is 1. The van der Waals surface area contributed by atoms with E-state index in [1.165, 1.54) is 0 Å². The van der Waals surface area contributed by atoms with Gasteiger partial charge in [-0.2, -0.15) is 5.26 Å². The van der Waals surface area contributed by atoms with Crippen molar-refractivity contribution in [3.63, 3.8) is 0 Å². The van der Waals surface area contributed by atoms with Crippen LogP contribution in [-0.4, -0.2) is 42.3 Å². The summed E-state index contributed by atoms with van der Waals surface area (Å²) in [5, 5.41) is 12.2. The summed E-state index contributed by atoms with van der Waals surface area (Å²) in [6, 6.07) is 2.15. The first-order valence-electron chi connectivity index (χ1n) is 6.51. The van der Waals surface area contributed by atoms with Gasteiger partial charge in [0.25, 0.3) is 0 Å². The second-order valence-corrected chi connectivity index (χ2v) is 4.53. The lowest BCUT2D eigenvalue weighted by atomic mass is 10.2. The molecule has 0 bridgehead atoms. The van der Waals surface area contributed by atoms with E-state index in [1.54, 1.807) is 0 Å². The van der Waals surface area contributed by atoms with Crippen molar-refractivity contribution in [3.05, 3.63) is 11.4 Å². The lowest BCUT2D eigenvalue weighted by Gasteiger charge is -2.32. The van der Waals surface area contributed by atoms with Crippen LogP contribution in [0.25, 0.3) is 0 Å². The molecule has 1 fully saturated rings. The van der Waals surface area contributed by atoms with Crippen molar-refractivity contribution in [2.45, 2.75) is 26.9 Å². The molecular weight excluding hydrogens is 242 g/mol. The van der Waals surface area contributed by atoms with E-state index in [1.807, 2.05) is 20.8 Å². The summed E-state index contributed by atoms with van der Waals surface area (Å²) < 4.78 is 5.36. The summed E-state index contributed by atoms with van der Waals surface area (Å²) in [5.74, 6) is 2.49. The molecule has 1 N–H and O–H groups in total. The van der Waals surface area contributed by atoms with Crippen LogP contribution in [0.4, 0.5) is 11.6 Å². The van der Waals surface area contributed by atoms with Gasteiger partial charge in [0.15, 0.2) is 6.10 Å². The molecule has 0 aliphatic carbocycles. The number of hydrogen-bond donors (Lipinski definition) is 1. The van der Waals surface area contributed by atoms with Gasteiger partial charge in [0, 0.05) is 18.7 Å². The minimum atomic E-state index is -0.383. The Balaban J connectivity index is 2.31. The molecule has 0 radical (unpaired) electrons. The van der Waals surface area contributed by atoms with Crippen molar-refractivity contribution >= 4 is 11.6 Å². The zero-order chi connectivity index (χ0) is 13.8. The molecule has 1 aromatic heterocycles. The minimum absolute atomic E-state index is 0.383. The maximum atomic E-state index is 8.97. The lowest BCUT2D eigenvalue weighted by molar-refractivity contribution is 0.0761. The van der Waals surface area contributed by atoms with Gasteiger partial charge in [0.2, 0.25) is 0 Å². The molecule has 0 amide bonds. The SMILES string of the molecule is CCNc1nc(C)nc(N2CCOC(C#N)C2)c1C. The van der Waals surface area contributed by atoms with Gasteiger partial charge in [-0.1, -0.05) is 0 Å². The maximum absolute atomic E-state index is 8.97. The standard InChI is InChI=1S/C13H19N5O/c1-4-15-12-9(2)13(17-10(3)16-12)18-5-6-19-11(7-14)8-18/h11H,4-6,8H2,1-3H3,(H,15,16,17). The summed E-state index contributed by atoms with van der Waals surface area (Å²) in [7, 11) is 0. The molecule has 1 aliphatic rings. The first-order chi connectivity index (χ1) is 9.15. The number of hydrogen-bond acceptors (Lipinski definition) is 6. The van der Waals surface area contributed by atoms with E-state index in [9.17, 15) is 0 Å². The number of ether oxygens (including phenoxy) is 1. The average Bonchev–Trinajstić information content (AvgIpc) is 2.43. The number of morpholine rings is 1. The number of aromatic nitrogens is 2. The molecule has 1 saturated heterocycles. The Labute approximate surface area is 113 Å². The number of nitrogens with one attached hydrogen (secondary N) is 1. The predicted octanol–water partition coefficient (Wildman–Crippen LogP) is 1.25. The van der Waals surface area contributed by atoms with Crippen LogP contribution < -0.4 is 10.2 Å². The summed E-state index contributed by atoms with van der Waals surface area (Å²) in [4.78, 5) is 11.0. The molecule has 19 heavy (non-hydrogen) atoms. The summed E-state index contributed by atoms with van der Waals surface area (Å²) in [5.41, 5.74) is 1.02. The van der Waals surface area contributed by atoms with E-state index in [0.29, 0.717) is 13.2 Å². The quantitative estimate of drug-likeness (QED) is 0.882. The summed E-state index contributed by atoms with van der Waals surface area (Å²) in [6.07, 6.45) is -0.383. The molecule has 1 unspecified atom stereocenters. The van der Waals surface area contributed by atoms with Gasteiger partial charge in [0.1, 0.15) is 17.5 Å². The molecule has 6 nitrogen and oxygen atoms in total. The van der Waals surface area contributed by atoms with Crippen molar-refractivity contribution in [1.29, 1.82) is 5.26 Å². The molecule has 6 heteroatoms. The van der Waals surface area contributed by atoms with Gasteiger partial charge in [-0.25, -0.2) is 9.97 Å². The average molecular weight is 261 g/mol. The number of anilines is 2. The van der Waals surface area contributed by atoms with Gasteiger partial charge >= 0.3 is 0 Å². The maximum Gasteiger partial charge on any atom is 0.161 e. The van der Waals surface area contributed by atoms with Gasteiger partial charge in [-0.05, 0) is 20.8 Å². The zero-order valence-electron chi connectivity index (χ0n) is 11.6. The highest BCUT2D eigenvalue weighted by atomic mass is 16.5. The molecule has 1 aromatic rings. The second-order valence-electron chi connectivity index (χ2n) is 4.53. The monoisotopic (exact) mass is 261 g/mol. The van der Waals surface area contributed by atoms with E-state index < -0.39 is 0 Å². The molecule has 1 aliphatic heterocycles. The Morgan fingerprint density at radius 1 is 1.47 bits per heavy atom. The fraction of sp³-hybridized carbons (Fsp3) is 0.615. The van der Waals surface area contributed by atoms with E-state index in [4.69, 9.17) is 10.00 Å². The smallest absolute Gasteiger partial charge is 0.161 e. The van der Waals surface area contributed by atoms with Gasteiger partial charge in [-0.15, -0.1) is 0 Å². The highest BCUT2D eigenvalue weighted by molar-refractivity contribution is 5.59. The van der Waals surface area contributed by atoms with Crippen LogP contribution in [0.5, 0.6) is 0 Å². The molecule has 1 atom stereocenters. The van der Waals surface area contributed by atoms with Crippen LogP contribution >= 0.6 is 0 Å². The molecule has 0 saturated carbocycles. The van der Waals surface area contributed by atoms with E-state index in [0.717, 1.165) is 36.1 Å². The third-order valence-corrected chi connectivity index (χ3v) is 3.09. The van der Waals surface area contributed by atoms with Crippen LogP contribution in [0, 0.1) is 25.2 Å². The van der Waals surface area contributed by atoms with Crippen LogP contribution in [0.15, 0.2) is 0 Å². The molecule has 102 valence electrons. The van der Waals surface area contributed by atoms with Crippen molar-refractivity contribution < 1.29 is 4.74 Å². The fourth-order valence-electron chi connectivity index (χ4n) is 2.18. The van der Waals surface area contributed by atoms with Crippen LogP contribution in [0.3, 0.4) is 0 Å². The number of nitrogens with zero attached hydrogens (tertiary/aromatic N) is 4. The van der Waals surface area contributed by atoms with Gasteiger partial charge in [-0.3, -0.25) is 0 Å². The largest absolute Gasteiger partial charge is 0.370 e. The van der Waals surface area contributed by atoms with E-state index in [-0.39, 0.29) is 6.10 Å². The van der Waals surface area contributed by atoms with Crippen molar-refractivity contribution in [3.8, 4) is 6.07 Å². The second kappa shape index (κ2) is 5.85. The summed E-state index contributed by atoms with van der Waals surface area (Å²) >= 11 is 0. The lowest BCUT2D eigenvalue weighted by Crippen LogP contribution is -2.42. The van der Waals surface area contributed by atoms with Crippen molar-refractivity contribution in [2.24, 2.45) is 0 Å². The Morgan fingerprint density at radius 3 is 2.95 bits per heavy atom. The molecule has 0 spiro atoms. The van der Waals surface area contributed by atoms with Crippen molar-refractivity contribution in [1.82, 2.24) is 9.97 Å². The molecular formula is C13H19N5O. The molecule has 2 heterocycles. The third-order valence-electron chi connectivity index (χ3n) is 3.09. The Hall–Kier alpha value is -1.87. The van der Waals surface area contributed by atoms with Crippen LogP contribution in [-0.2, 0) is 4.74 Å². The predicted molar refractivity (Wildman–Crippen MR) is 73.2 cm³/mol. The fourth-order valence-corrected chi connectivity index (χ4v) is 2.18. The van der Waals surface area contributed by atoms with Crippen LogP contribution in [0.1, 0.15) is 18.3 Å². The highest BCUT2D eigenvalue weighted by Gasteiger charge is 2.23. The van der Waals surface area contributed by atoms with Gasteiger partial charge in [0.05, 0.1) is 19.2 Å².